The van der Waals surface area contributed by atoms with Gasteiger partial charge in [-0.2, -0.15) is 10.5 Å². The van der Waals surface area contributed by atoms with Gasteiger partial charge in [0.05, 0.1) is 51.5 Å². The Morgan fingerprint density at radius 2 is 1.31 bits per heavy atom. The van der Waals surface area contributed by atoms with Crippen LogP contribution in [0.25, 0.3) is 39.0 Å². The van der Waals surface area contributed by atoms with Crippen LogP contribution in [-0.2, 0) is 11.0 Å². The fourth-order valence-corrected chi connectivity index (χ4v) is 11.4. The third-order valence-electron chi connectivity index (χ3n) is 14.1. The molecular formula is C59H43N5. The molecular weight excluding hydrogens is 779 g/mol. The van der Waals surface area contributed by atoms with E-state index in [9.17, 15) is 10.5 Å². The van der Waals surface area contributed by atoms with E-state index in [4.69, 9.17) is 0 Å². The predicted octanol–water partition coefficient (Wildman–Crippen LogP) is 13.6. The fraction of sp³-hybridized carbons (Fsp3) is 0.119. The van der Waals surface area contributed by atoms with Gasteiger partial charge in [0.1, 0.15) is 0 Å². The van der Waals surface area contributed by atoms with Gasteiger partial charge in [0.2, 0.25) is 0 Å². The van der Waals surface area contributed by atoms with Crippen LogP contribution in [0.15, 0.2) is 200 Å². The highest BCUT2D eigenvalue weighted by Gasteiger charge is 2.55. The molecule has 5 nitrogen and oxygen atoms in total. The molecule has 0 radical (unpaired) electrons. The molecule has 0 amide bonds. The highest BCUT2D eigenvalue weighted by molar-refractivity contribution is 6.05. The zero-order chi connectivity index (χ0) is 43.0. The maximum atomic E-state index is 10.5. The third-order valence-corrected chi connectivity index (χ3v) is 14.1. The second-order valence-corrected chi connectivity index (χ2v) is 17.7. The van der Waals surface area contributed by atoms with E-state index >= 15 is 0 Å². The van der Waals surface area contributed by atoms with Crippen LogP contribution >= 0.6 is 0 Å². The molecule has 0 bridgehead atoms. The van der Waals surface area contributed by atoms with Crippen LogP contribution in [0, 0.1) is 22.7 Å². The average Bonchev–Trinajstić information content (AvgIpc) is 3.96. The lowest BCUT2D eigenvalue weighted by Crippen LogP contribution is -2.43. The van der Waals surface area contributed by atoms with Gasteiger partial charge in [-0.05, 0) is 126 Å². The van der Waals surface area contributed by atoms with Gasteiger partial charge in [-0.15, -0.1) is 0 Å². The molecule has 0 saturated carbocycles. The molecule has 3 aliphatic carbocycles. The molecule has 64 heavy (non-hydrogen) atoms. The zero-order valence-corrected chi connectivity index (χ0v) is 35.5. The maximum absolute atomic E-state index is 10.5. The molecule has 1 N–H and O–H groups in total. The summed E-state index contributed by atoms with van der Waals surface area (Å²) in [5.74, 6) is 0. The molecule has 5 heteroatoms. The number of nitriles is 2. The van der Waals surface area contributed by atoms with Crippen molar-refractivity contribution in [1.82, 2.24) is 9.88 Å². The first-order valence-electron chi connectivity index (χ1n) is 22.2. The minimum absolute atomic E-state index is 0.0930. The minimum Gasteiger partial charge on any atom is -0.375 e. The Labute approximate surface area is 373 Å². The maximum Gasteiger partial charge on any atom is 0.0991 e. The van der Waals surface area contributed by atoms with Crippen LogP contribution in [0.5, 0.6) is 0 Å². The molecule has 2 unspecified atom stereocenters. The number of fused-ring (bicyclic) bond motifs is 12. The van der Waals surface area contributed by atoms with Crippen molar-refractivity contribution in [2.75, 3.05) is 4.90 Å². The highest BCUT2D eigenvalue weighted by atomic mass is 15.2. The van der Waals surface area contributed by atoms with Crippen molar-refractivity contribution in [3.8, 4) is 34.5 Å². The quantitative estimate of drug-likeness (QED) is 0.181. The summed E-state index contributed by atoms with van der Waals surface area (Å²) in [5, 5.41) is 26.1. The Morgan fingerprint density at radius 3 is 1.98 bits per heavy atom. The van der Waals surface area contributed by atoms with Crippen molar-refractivity contribution in [3.05, 3.63) is 244 Å². The molecule has 1 spiro atoms. The SMILES string of the molecule is CC1(c2ccccc2)CC(n2c3c(c4ccc(N(C5=CC=CCC5)c5ccccc5)cc42)C2(c4cc(C#N)ccc4-c4ccc(C#N)cc42)c2ccccc2-3)C=C(c2ccccc2)N1. The topological polar surface area (TPSA) is 67.8 Å². The Bertz CT molecular complexity index is 3310. The molecule has 7 aromatic carbocycles. The number of nitrogens with zero attached hydrogens (tertiary/aromatic N) is 4. The van der Waals surface area contributed by atoms with Gasteiger partial charge >= 0.3 is 0 Å². The standard InChI is InChI=1S/C59H43N5/c1-58(42-18-8-3-9-19-42)36-46(34-54(62-58)41-16-6-2-7-17-41)64-55-35-45(63(43-20-10-4-11-21-43)44-22-12-5-13-23-44)28-31-50(55)56-57(64)49-24-14-15-25-51(49)59(56)52-32-39(37-60)26-29-47(52)48-30-27-40(38-61)33-53(48)59/h2-12,14-22,24-35,46,62H,13,23,36H2,1H3. The van der Waals surface area contributed by atoms with Gasteiger partial charge in [0, 0.05) is 39.3 Å². The number of allylic oxidation sites excluding steroid dienone is 5. The van der Waals surface area contributed by atoms with Crippen LogP contribution in [0.4, 0.5) is 11.4 Å². The number of hydrogen-bond donors (Lipinski definition) is 1. The lowest BCUT2D eigenvalue weighted by Gasteiger charge is -2.41. The molecule has 1 aliphatic heterocycles. The number of nitrogens with one attached hydrogen (secondary N) is 1. The number of para-hydroxylation sites is 1. The van der Waals surface area contributed by atoms with Crippen molar-refractivity contribution < 1.29 is 0 Å². The van der Waals surface area contributed by atoms with Crippen LogP contribution in [0.3, 0.4) is 0 Å². The molecule has 8 aromatic rings. The summed E-state index contributed by atoms with van der Waals surface area (Å²) in [6.07, 6.45) is 11.8. The lowest BCUT2D eigenvalue weighted by molar-refractivity contribution is 0.328. The highest BCUT2D eigenvalue weighted by Crippen LogP contribution is 2.66. The summed E-state index contributed by atoms with van der Waals surface area (Å²) >= 11 is 0. The largest absolute Gasteiger partial charge is 0.375 e. The number of hydrogen-bond acceptors (Lipinski definition) is 4. The summed E-state index contributed by atoms with van der Waals surface area (Å²) in [6.45, 7) is 2.34. The smallest absolute Gasteiger partial charge is 0.0991 e. The summed E-state index contributed by atoms with van der Waals surface area (Å²) in [4.78, 5) is 2.43. The van der Waals surface area contributed by atoms with Crippen LogP contribution < -0.4 is 10.2 Å². The first kappa shape index (κ1) is 37.6. The average molecular weight is 822 g/mol. The van der Waals surface area contributed by atoms with Crippen molar-refractivity contribution in [3.63, 3.8) is 0 Å². The summed E-state index contributed by atoms with van der Waals surface area (Å²) in [7, 11) is 0. The Morgan fingerprint density at radius 1 is 0.656 bits per heavy atom. The van der Waals surface area contributed by atoms with Crippen LogP contribution in [0.2, 0.25) is 0 Å². The first-order chi connectivity index (χ1) is 31.5. The van der Waals surface area contributed by atoms with E-state index in [1.165, 1.54) is 28.1 Å². The molecule has 2 heterocycles. The normalized spacial score (nSPS) is 18.5. The molecule has 2 atom stereocenters. The number of aromatic nitrogens is 1. The Hall–Kier alpha value is -8.12. The predicted molar refractivity (Wildman–Crippen MR) is 258 cm³/mol. The van der Waals surface area contributed by atoms with E-state index in [-0.39, 0.29) is 6.04 Å². The lowest BCUT2D eigenvalue weighted by atomic mass is 9.69. The molecule has 304 valence electrons. The minimum atomic E-state index is -0.793. The van der Waals surface area contributed by atoms with Gasteiger partial charge in [-0.25, -0.2) is 0 Å². The summed E-state index contributed by atoms with van der Waals surface area (Å²) in [6, 6.07) is 65.4. The monoisotopic (exact) mass is 821 g/mol. The van der Waals surface area contributed by atoms with E-state index < -0.39 is 11.0 Å². The number of anilines is 2. The summed E-state index contributed by atoms with van der Waals surface area (Å²) in [5.41, 5.74) is 17.1. The fourth-order valence-electron chi connectivity index (χ4n) is 11.4. The van der Waals surface area contributed by atoms with Crippen molar-refractivity contribution in [2.45, 2.75) is 43.2 Å². The molecule has 4 aliphatic rings. The van der Waals surface area contributed by atoms with Gasteiger partial charge in [-0.1, -0.05) is 133 Å². The van der Waals surface area contributed by atoms with Gasteiger partial charge in [-0.3, -0.25) is 0 Å². The second kappa shape index (κ2) is 14.5. The number of benzene rings is 7. The Balaban J connectivity index is 1.22. The third kappa shape index (κ3) is 5.48. The van der Waals surface area contributed by atoms with E-state index in [0.29, 0.717) is 11.1 Å². The second-order valence-electron chi connectivity index (χ2n) is 17.7. The van der Waals surface area contributed by atoms with Gasteiger partial charge in [0.15, 0.2) is 0 Å². The van der Waals surface area contributed by atoms with Gasteiger partial charge < -0.3 is 14.8 Å². The van der Waals surface area contributed by atoms with E-state index in [1.807, 2.05) is 12.1 Å². The molecule has 1 aromatic heterocycles. The van der Waals surface area contributed by atoms with E-state index in [2.05, 4.69) is 216 Å². The van der Waals surface area contributed by atoms with Crippen molar-refractivity contribution in [2.24, 2.45) is 0 Å². The van der Waals surface area contributed by atoms with Gasteiger partial charge in [0.25, 0.3) is 0 Å². The van der Waals surface area contributed by atoms with Crippen molar-refractivity contribution >= 4 is 28.0 Å². The zero-order valence-electron chi connectivity index (χ0n) is 35.5. The van der Waals surface area contributed by atoms with E-state index in [0.717, 1.165) is 80.6 Å². The van der Waals surface area contributed by atoms with Crippen molar-refractivity contribution in [1.29, 1.82) is 10.5 Å². The van der Waals surface area contributed by atoms with Crippen LogP contribution in [-0.4, -0.2) is 4.57 Å². The summed E-state index contributed by atoms with van der Waals surface area (Å²) < 4.78 is 2.64. The van der Waals surface area contributed by atoms with E-state index in [1.54, 1.807) is 0 Å². The molecule has 0 fully saturated rings. The Kier molecular flexibility index (Phi) is 8.52. The number of rotatable bonds is 6. The molecule has 12 rings (SSSR count). The first-order valence-corrected chi connectivity index (χ1v) is 22.2. The molecule has 0 saturated heterocycles. The van der Waals surface area contributed by atoms with Crippen LogP contribution in [0.1, 0.15) is 76.7 Å².